The highest BCUT2D eigenvalue weighted by Gasteiger charge is 2.42. The van der Waals surface area contributed by atoms with Gasteiger partial charge in [-0.1, -0.05) is 0 Å². The molecule has 26 heavy (non-hydrogen) atoms. The monoisotopic (exact) mass is 481 g/mol. The van der Waals surface area contributed by atoms with Gasteiger partial charge in [0.05, 0.1) is 12.1 Å². The van der Waals surface area contributed by atoms with Crippen LogP contribution in [0.4, 0.5) is 0 Å². The number of guanidine groups is 1. The third-order valence-electron chi connectivity index (χ3n) is 4.88. The second-order valence-corrected chi connectivity index (χ2v) is 7.31. The molecule has 1 saturated carbocycles. The average Bonchev–Trinajstić information content (AvgIpc) is 2.55. The topological polar surface area (TPSA) is 86.3 Å². The van der Waals surface area contributed by atoms with Crippen LogP contribution in [0, 0.1) is 0 Å². The average molecular weight is 481 g/mol. The first kappa shape index (κ1) is 22.9. The van der Waals surface area contributed by atoms with E-state index in [0.29, 0.717) is 5.96 Å². The standard InChI is InChI=1S/C17H31N5O3.HI/c1-21(2)14(23)11-18-16(19-12-15(24)22(3)4)20-13-6-9-25-17(10-13)7-5-8-17;/h13H,5-12H2,1-4H3,(H2,18,19,20);1H. The van der Waals surface area contributed by atoms with Gasteiger partial charge in [0.25, 0.3) is 0 Å². The fourth-order valence-electron chi connectivity index (χ4n) is 3.02. The maximum Gasteiger partial charge on any atom is 0.243 e. The number of likely N-dealkylation sites (N-methyl/N-ethyl adjacent to an activating group) is 2. The van der Waals surface area contributed by atoms with Crippen molar-refractivity contribution in [3.8, 4) is 0 Å². The van der Waals surface area contributed by atoms with Crippen molar-refractivity contribution in [3.05, 3.63) is 0 Å². The molecule has 0 aromatic heterocycles. The van der Waals surface area contributed by atoms with Crippen LogP contribution in [-0.2, 0) is 14.3 Å². The number of nitrogens with one attached hydrogen (secondary N) is 2. The summed E-state index contributed by atoms with van der Waals surface area (Å²) in [5, 5.41) is 6.43. The summed E-state index contributed by atoms with van der Waals surface area (Å²) < 4.78 is 5.95. The molecule has 9 heteroatoms. The van der Waals surface area contributed by atoms with Gasteiger partial charge >= 0.3 is 0 Å². The molecule has 8 nitrogen and oxygen atoms in total. The predicted molar refractivity (Wildman–Crippen MR) is 112 cm³/mol. The zero-order valence-corrected chi connectivity index (χ0v) is 18.5. The Balaban J connectivity index is 0.00000338. The molecule has 2 aliphatic rings. The van der Waals surface area contributed by atoms with Crippen molar-refractivity contribution in [1.82, 2.24) is 20.4 Å². The summed E-state index contributed by atoms with van der Waals surface area (Å²) in [6.45, 7) is 0.925. The van der Waals surface area contributed by atoms with Crippen LogP contribution >= 0.6 is 24.0 Å². The molecule has 1 spiro atoms. The zero-order valence-electron chi connectivity index (χ0n) is 16.2. The van der Waals surface area contributed by atoms with Gasteiger partial charge < -0.3 is 25.2 Å². The van der Waals surface area contributed by atoms with E-state index in [1.807, 2.05) is 0 Å². The maximum absolute atomic E-state index is 11.8. The molecule has 0 aromatic carbocycles. The molecule has 2 rings (SSSR count). The lowest BCUT2D eigenvalue weighted by molar-refractivity contribution is -0.134. The Labute approximate surface area is 173 Å². The molecule has 1 heterocycles. The molecule has 2 N–H and O–H groups in total. The number of hydrogen-bond donors (Lipinski definition) is 2. The third-order valence-corrected chi connectivity index (χ3v) is 4.88. The Morgan fingerprint density at radius 2 is 1.81 bits per heavy atom. The number of halogens is 1. The Bertz CT molecular complexity index is 521. The van der Waals surface area contributed by atoms with E-state index in [1.54, 1.807) is 28.2 Å². The number of hydrogen-bond acceptors (Lipinski definition) is 4. The molecule has 1 aliphatic carbocycles. The molecular weight excluding hydrogens is 449 g/mol. The SMILES string of the molecule is CN(C)C(=O)CN=C(NCC(=O)N(C)C)NC1CCOC2(CCC2)C1.I. The van der Waals surface area contributed by atoms with Gasteiger partial charge in [-0.05, 0) is 32.1 Å². The molecule has 0 aromatic rings. The maximum atomic E-state index is 11.8. The van der Waals surface area contributed by atoms with Crippen LogP contribution in [-0.4, -0.2) is 87.1 Å². The second-order valence-electron chi connectivity index (χ2n) is 7.31. The lowest BCUT2D eigenvalue weighted by Crippen LogP contribution is -2.54. The summed E-state index contributed by atoms with van der Waals surface area (Å²) in [5.41, 5.74) is 0.0277. The largest absolute Gasteiger partial charge is 0.375 e. The van der Waals surface area contributed by atoms with Crippen molar-refractivity contribution in [2.24, 2.45) is 4.99 Å². The van der Waals surface area contributed by atoms with E-state index in [-0.39, 0.29) is 60.5 Å². The van der Waals surface area contributed by atoms with Crippen molar-refractivity contribution >= 4 is 41.8 Å². The minimum atomic E-state index is -0.0810. The van der Waals surface area contributed by atoms with Crippen LogP contribution in [0.1, 0.15) is 32.1 Å². The lowest BCUT2D eigenvalue weighted by atomic mass is 9.74. The Kier molecular flexibility index (Phi) is 9.08. The minimum Gasteiger partial charge on any atom is -0.375 e. The predicted octanol–water partition coefficient (Wildman–Crippen LogP) is 0.418. The first-order chi connectivity index (χ1) is 11.8. The van der Waals surface area contributed by atoms with E-state index >= 15 is 0 Å². The highest BCUT2D eigenvalue weighted by atomic mass is 127. The number of carbonyl (C=O) groups excluding carboxylic acids is 2. The van der Waals surface area contributed by atoms with Crippen molar-refractivity contribution < 1.29 is 14.3 Å². The Hall–Kier alpha value is -1.10. The third kappa shape index (κ3) is 6.57. The first-order valence-electron chi connectivity index (χ1n) is 8.90. The van der Waals surface area contributed by atoms with Crippen LogP contribution in [0.15, 0.2) is 4.99 Å². The van der Waals surface area contributed by atoms with E-state index in [0.717, 1.165) is 32.3 Å². The number of rotatable bonds is 5. The van der Waals surface area contributed by atoms with E-state index in [1.165, 1.54) is 16.2 Å². The summed E-state index contributed by atoms with van der Waals surface area (Å²) in [7, 11) is 6.82. The lowest BCUT2D eigenvalue weighted by Gasteiger charge is -2.47. The summed E-state index contributed by atoms with van der Waals surface area (Å²) in [6.07, 6.45) is 5.29. The number of amides is 2. The molecule has 0 bridgehead atoms. The van der Waals surface area contributed by atoms with E-state index in [9.17, 15) is 9.59 Å². The fraction of sp³-hybridized carbons (Fsp3) is 0.824. The number of nitrogens with zero attached hydrogens (tertiary/aromatic N) is 3. The van der Waals surface area contributed by atoms with Gasteiger partial charge in [-0.2, -0.15) is 0 Å². The van der Waals surface area contributed by atoms with E-state index in [2.05, 4.69) is 15.6 Å². The van der Waals surface area contributed by atoms with Gasteiger partial charge in [0.1, 0.15) is 6.54 Å². The second kappa shape index (κ2) is 10.3. The Morgan fingerprint density at radius 1 is 1.15 bits per heavy atom. The molecule has 2 amide bonds. The van der Waals surface area contributed by atoms with Gasteiger partial charge in [-0.15, -0.1) is 24.0 Å². The quantitative estimate of drug-likeness (QED) is 0.338. The van der Waals surface area contributed by atoms with Crippen molar-refractivity contribution in [2.75, 3.05) is 47.9 Å². The number of aliphatic imine (C=N–C) groups is 1. The molecule has 1 aliphatic heterocycles. The highest BCUT2D eigenvalue weighted by molar-refractivity contribution is 14.0. The van der Waals surface area contributed by atoms with E-state index in [4.69, 9.17) is 4.74 Å². The summed E-state index contributed by atoms with van der Waals surface area (Å²) >= 11 is 0. The molecule has 1 saturated heterocycles. The number of carbonyl (C=O) groups is 2. The van der Waals surface area contributed by atoms with Crippen LogP contribution in [0.25, 0.3) is 0 Å². The van der Waals surface area contributed by atoms with Crippen LogP contribution in [0.5, 0.6) is 0 Å². The summed E-state index contributed by atoms with van der Waals surface area (Å²) in [5.74, 6) is 0.380. The van der Waals surface area contributed by atoms with Gasteiger partial charge in [0, 0.05) is 40.8 Å². The van der Waals surface area contributed by atoms with Gasteiger partial charge in [0.2, 0.25) is 11.8 Å². The zero-order chi connectivity index (χ0) is 18.4. The summed E-state index contributed by atoms with van der Waals surface area (Å²) in [4.78, 5) is 31.0. The fourth-order valence-corrected chi connectivity index (χ4v) is 3.02. The molecule has 150 valence electrons. The van der Waals surface area contributed by atoms with Crippen molar-refractivity contribution in [2.45, 2.75) is 43.7 Å². The summed E-state index contributed by atoms with van der Waals surface area (Å²) in [6, 6.07) is 0.240. The van der Waals surface area contributed by atoms with Gasteiger partial charge in [0.15, 0.2) is 5.96 Å². The van der Waals surface area contributed by atoms with Crippen molar-refractivity contribution in [3.63, 3.8) is 0 Å². The molecule has 1 unspecified atom stereocenters. The minimum absolute atomic E-state index is 0. The molecule has 2 fully saturated rings. The molecule has 1 atom stereocenters. The number of ether oxygens (including phenoxy) is 1. The van der Waals surface area contributed by atoms with Crippen molar-refractivity contribution in [1.29, 1.82) is 0 Å². The smallest absolute Gasteiger partial charge is 0.243 e. The Morgan fingerprint density at radius 3 is 2.35 bits per heavy atom. The van der Waals surface area contributed by atoms with Crippen LogP contribution < -0.4 is 10.6 Å². The first-order valence-corrected chi connectivity index (χ1v) is 8.90. The molecular formula is C17H32IN5O3. The van der Waals surface area contributed by atoms with Crippen LogP contribution in [0.2, 0.25) is 0 Å². The van der Waals surface area contributed by atoms with E-state index < -0.39 is 0 Å². The molecule has 0 radical (unpaired) electrons. The normalized spacial score (nSPS) is 21.2. The van der Waals surface area contributed by atoms with Crippen LogP contribution in [0.3, 0.4) is 0 Å². The van der Waals surface area contributed by atoms with Gasteiger partial charge in [-0.3, -0.25) is 9.59 Å². The highest BCUT2D eigenvalue weighted by Crippen LogP contribution is 2.42. The van der Waals surface area contributed by atoms with Gasteiger partial charge in [-0.25, -0.2) is 4.99 Å².